The number of rotatable bonds is 4. The molecule has 0 saturated heterocycles. The Hall–Kier alpha value is -3.21. The van der Waals surface area contributed by atoms with Crippen LogP contribution in [-0.2, 0) is 6.42 Å². The van der Waals surface area contributed by atoms with Crippen LogP contribution >= 0.6 is 0 Å². The van der Waals surface area contributed by atoms with E-state index in [0.717, 1.165) is 5.57 Å². The maximum atomic E-state index is 12.7. The van der Waals surface area contributed by atoms with Gasteiger partial charge in [-0.1, -0.05) is 11.6 Å². The van der Waals surface area contributed by atoms with E-state index >= 15 is 0 Å². The molecule has 0 radical (unpaired) electrons. The molecule has 0 spiro atoms. The smallest absolute Gasteiger partial charge is 0.197 e. The van der Waals surface area contributed by atoms with Crippen LogP contribution < -0.4 is 10.2 Å². The molecule has 0 saturated carbocycles. The number of methoxy groups -OCH3 is 1. The summed E-state index contributed by atoms with van der Waals surface area (Å²) in [5.74, 6) is 0.808. The van der Waals surface area contributed by atoms with Gasteiger partial charge in [0.2, 0.25) is 0 Å². The molecule has 0 aliphatic heterocycles. The lowest BCUT2D eigenvalue weighted by atomic mass is 10.0. The molecule has 0 amide bonds. The Morgan fingerprint density at radius 1 is 1.15 bits per heavy atom. The number of benzene rings is 2. The summed E-state index contributed by atoms with van der Waals surface area (Å²) in [6.07, 6.45) is 2.41. The van der Waals surface area contributed by atoms with Gasteiger partial charge in [0.05, 0.1) is 7.11 Å². The number of phenolic OH excluding ortho intramolecular Hbond substituents is 2. The minimum absolute atomic E-state index is 0.0119. The molecule has 0 atom stereocenters. The summed E-state index contributed by atoms with van der Waals surface area (Å²) >= 11 is 0. The van der Waals surface area contributed by atoms with Crippen LogP contribution in [0.4, 0.5) is 0 Å². The second-order valence-electron chi connectivity index (χ2n) is 6.29. The highest BCUT2D eigenvalue weighted by Gasteiger charge is 2.18. The average molecular weight is 352 g/mol. The van der Waals surface area contributed by atoms with Crippen molar-refractivity contribution in [2.24, 2.45) is 0 Å². The van der Waals surface area contributed by atoms with Gasteiger partial charge in [-0.15, -0.1) is 0 Å². The predicted octanol–water partition coefficient (Wildman–Crippen LogP) is 4.39. The number of phenols is 2. The third-order valence-corrected chi connectivity index (χ3v) is 4.12. The summed E-state index contributed by atoms with van der Waals surface area (Å²) in [5, 5.41) is 20.1. The fourth-order valence-electron chi connectivity index (χ4n) is 2.81. The van der Waals surface area contributed by atoms with Crippen molar-refractivity contribution in [2.45, 2.75) is 20.3 Å². The summed E-state index contributed by atoms with van der Waals surface area (Å²) in [6.45, 7) is 3.92. The molecule has 0 aliphatic carbocycles. The molecule has 0 bridgehead atoms. The van der Waals surface area contributed by atoms with Crippen molar-refractivity contribution in [1.82, 2.24) is 0 Å². The first-order valence-electron chi connectivity index (χ1n) is 8.20. The van der Waals surface area contributed by atoms with Crippen LogP contribution in [0.25, 0.3) is 22.3 Å². The van der Waals surface area contributed by atoms with E-state index in [9.17, 15) is 15.0 Å². The van der Waals surface area contributed by atoms with Gasteiger partial charge in [-0.25, -0.2) is 0 Å². The van der Waals surface area contributed by atoms with Crippen molar-refractivity contribution in [3.63, 3.8) is 0 Å². The standard InChI is InChI=1S/C21H20O5/c1-12(2)4-9-15-16(23)10-19-20(21(15)25-3)17(24)11-18(26-19)13-5-7-14(22)8-6-13/h4-8,10-11,22-23H,9H2,1-3H3. The summed E-state index contributed by atoms with van der Waals surface area (Å²) in [7, 11) is 1.47. The van der Waals surface area contributed by atoms with Crippen molar-refractivity contribution in [1.29, 1.82) is 0 Å². The van der Waals surface area contributed by atoms with Crippen LogP contribution in [0, 0.1) is 0 Å². The number of hydrogen-bond donors (Lipinski definition) is 2. The second-order valence-corrected chi connectivity index (χ2v) is 6.29. The highest BCUT2D eigenvalue weighted by Crippen LogP contribution is 2.37. The Morgan fingerprint density at radius 2 is 1.85 bits per heavy atom. The molecule has 5 heteroatoms. The van der Waals surface area contributed by atoms with E-state index < -0.39 is 0 Å². The lowest BCUT2D eigenvalue weighted by molar-refractivity contribution is 0.405. The summed E-state index contributed by atoms with van der Waals surface area (Å²) in [4.78, 5) is 12.7. The van der Waals surface area contributed by atoms with E-state index in [1.807, 2.05) is 19.9 Å². The fourth-order valence-corrected chi connectivity index (χ4v) is 2.81. The van der Waals surface area contributed by atoms with Crippen LogP contribution in [0.2, 0.25) is 0 Å². The van der Waals surface area contributed by atoms with Crippen LogP contribution in [0.15, 0.2) is 57.3 Å². The Bertz CT molecular complexity index is 1040. The monoisotopic (exact) mass is 352 g/mol. The molecular formula is C21H20O5. The van der Waals surface area contributed by atoms with Crippen LogP contribution in [-0.4, -0.2) is 17.3 Å². The summed E-state index contributed by atoms with van der Waals surface area (Å²) in [5.41, 5.74) is 2.28. The van der Waals surface area contributed by atoms with E-state index in [4.69, 9.17) is 9.15 Å². The number of fused-ring (bicyclic) bond motifs is 1. The van der Waals surface area contributed by atoms with Gasteiger partial charge in [-0.05, 0) is 44.5 Å². The largest absolute Gasteiger partial charge is 0.508 e. The highest BCUT2D eigenvalue weighted by atomic mass is 16.5. The lowest BCUT2D eigenvalue weighted by Gasteiger charge is -2.13. The van der Waals surface area contributed by atoms with Gasteiger partial charge in [-0.2, -0.15) is 0 Å². The molecule has 3 aromatic rings. The molecule has 2 aromatic carbocycles. The average Bonchev–Trinajstić information content (AvgIpc) is 2.59. The maximum Gasteiger partial charge on any atom is 0.197 e. The summed E-state index contributed by atoms with van der Waals surface area (Å²) < 4.78 is 11.3. The molecule has 0 fully saturated rings. The molecule has 0 aliphatic rings. The van der Waals surface area contributed by atoms with Crippen molar-refractivity contribution in [3.05, 3.63) is 63.8 Å². The van der Waals surface area contributed by atoms with Crippen molar-refractivity contribution < 1.29 is 19.4 Å². The van der Waals surface area contributed by atoms with E-state index in [1.54, 1.807) is 12.1 Å². The third-order valence-electron chi connectivity index (χ3n) is 4.12. The van der Waals surface area contributed by atoms with E-state index in [2.05, 4.69) is 0 Å². The van der Waals surface area contributed by atoms with Crippen molar-refractivity contribution in [2.75, 3.05) is 7.11 Å². The maximum absolute atomic E-state index is 12.7. The van der Waals surface area contributed by atoms with Crippen LogP contribution in [0.5, 0.6) is 17.2 Å². The Labute approximate surface area is 150 Å². The minimum atomic E-state index is -0.260. The third kappa shape index (κ3) is 3.28. The van der Waals surface area contributed by atoms with Crippen molar-refractivity contribution >= 4 is 11.0 Å². The molecule has 1 heterocycles. The molecule has 134 valence electrons. The van der Waals surface area contributed by atoms with Gasteiger partial charge in [0.15, 0.2) is 5.43 Å². The summed E-state index contributed by atoms with van der Waals surface area (Å²) in [6, 6.07) is 9.16. The van der Waals surface area contributed by atoms with Gasteiger partial charge in [0, 0.05) is 23.3 Å². The first-order valence-corrected chi connectivity index (χ1v) is 8.20. The van der Waals surface area contributed by atoms with Gasteiger partial charge in [-0.3, -0.25) is 4.79 Å². The van der Waals surface area contributed by atoms with Crippen LogP contribution in [0.3, 0.4) is 0 Å². The number of allylic oxidation sites excluding steroid dienone is 2. The topological polar surface area (TPSA) is 79.9 Å². The zero-order valence-electron chi connectivity index (χ0n) is 14.9. The van der Waals surface area contributed by atoms with E-state index in [0.29, 0.717) is 34.4 Å². The highest BCUT2D eigenvalue weighted by molar-refractivity contribution is 5.88. The first-order chi connectivity index (χ1) is 12.4. The SMILES string of the molecule is COc1c(CC=C(C)C)c(O)cc2oc(-c3ccc(O)cc3)cc(=O)c12. The van der Waals surface area contributed by atoms with Crippen molar-refractivity contribution in [3.8, 4) is 28.6 Å². The first kappa shape index (κ1) is 17.6. The fraction of sp³-hybridized carbons (Fsp3) is 0.190. The van der Waals surface area contributed by atoms with Gasteiger partial charge >= 0.3 is 0 Å². The quantitative estimate of drug-likeness (QED) is 0.681. The predicted molar refractivity (Wildman–Crippen MR) is 101 cm³/mol. The van der Waals surface area contributed by atoms with Gasteiger partial charge < -0.3 is 19.4 Å². The molecule has 1 aromatic heterocycles. The molecule has 3 rings (SSSR count). The van der Waals surface area contributed by atoms with Crippen LogP contribution in [0.1, 0.15) is 19.4 Å². The number of aromatic hydroxyl groups is 2. The normalized spacial score (nSPS) is 10.7. The number of hydrogen-bond acceptors (Lipinski definition) is 5. The zero-order valence-corrected chi connectivity index (χ0v) is 14.9. The molecular weight excluding hydrogens is 332 g/mol. The number of ether oxygens (including phenoxy) is 1. The van der Waals surface area contributed by atoms with Gasteiger partial charge in [0.25, 0.3) is 0 Å². The van der Waals surface area contributed by atoms with E-state index in [-0.39, 0.29) is 22.5 Å². The minimum Gasteiger partial charge on any atom is -0.508 e. The molecule has 0 unspecified atom stereocenters. The van der Waals surface area contributed by atoms with Gasteiger partial charge in [0.1, 0.15) is 34.0 Å². The second kappa shape index (κ2) is 6.96. The lowest BCUT2D eigenvalue weighted by Crippen LogP contribution is -2.05. The molecule has 5 nitrogen and oxygen atoms in total. The van der Waals surface area contributed by atoms with E-state index in [1.165, 1.54) is 31.4 Å². The molecule has 2 N–H and O–H groups in total. The zero-order chi connectivity index (χ0) is 18.8. The Balaban J connectivity index is 2.24. The Kier molecular flexibility index (Phi) is 4.71. The molecule has 26 heavy (non-hydrogen) atoms. The Morgan fingerprint density at radius 3 is 2.46 bits per heavy atom.